The molecule has 2 aromatic carbocycles. The molecular formula is C26H33N3O5. The molecule has 0 spiro atoms. The van der Waals surface area contributed by atoms with Gasteiger partial charge in [-0.3, -0.25) is 14.5 Å². The van der Waals surface area contributed by atoms with Crippen LogP contribution in [-0.4, -0.2) is 56.7 Å². The highest BCUT2D eigenvalue weighted by atomic mass is 16.5. The first-order chi connectivity index (χ1) is 16.5. The summed E-state index contributed by atoms with van der Waals surface area (Å²) in [7, 11) is 4.73. The van der Waals surface area contributed by atoms with Crippen molar-refractivity contribution in [1.82, 2.24) is 15.5 Å². The van der Waals surface area contributed by atoms with Crippen molar-refractivity contribution in [3.63, 3.8) is 0 Å². The van der Waals surface area contributed by atoms with Crippen LogP contribution in [0.15, 0.2) is 36.4 Å². The molecule has 2 amide bonds. The van der Waals surface area contributed by atoms with Gasteiger partial charge in [0.2, 0.25) is 5.91 Å². The predicted octanol–water partition coefficient (Wildman–Crippen LogP) is 2.89. The van der Waals surface area contributed by atoms with E-state index in [4.69, 9.17) is 14.2 Å². The molecule has 0 bridgehead atoms. The van der Waals surface area contributed by atoms with Crippen molar-refractivity contribution in [2.75, 3.05) is 27.9 Å². The monoisotopic (exact) mass is 467 g/mol. The summed E-state index contributed by atoms with van der Waals surface area (Å²) in [5.41, 5.74) is 2.57. The van der Waals surface area contributed by atoms with E-state index >= 15 is 0 Å². The van der Waals surface area contributed by atoms with E-state index in [2.05, 4.69) is 15.5 Å². The smallest absolute Gasteiger partial charge is 0.251 e. The van der Waals surface area contributed by atoms with Crippen LogP contribution in [0.2, 0.25) is 0 Å². The molecule has 4 rings (SSSR count). The van der Waals surface area contributed by atoms with Gasteiger partial charge < -0.3 is 24.8 Å². The molecular weight excluding hydrogens is 434 g/mol. The molecule has 0 radical (unpaired) electrons. The maximum atomic E-state index is 12.8. The van der Waals surface area contributed by atoms with Gasteiger partial charge in [0.05, 0.1) is 27.9 Å². The molecule has 0 heterocycles. The molecule has 2 aliphatic carbocycles. The van der Waals surface area contributed by atoms with Crippen molar-refractivity contribution in [3.05, 3.63) is 53.1 Å². The van der Waals surface area contributed by atoms with Crippen LogP contribution in [-0.2, 0) is 17.9 Å². The second-order valence-corrected chi connectivity index (χ2v) is 8.88. The number of benzene rings is 2. The van der Waals surface area contributed by atoms with Crippen LogP contribution >= 0.6 is 0 Å². The lowest BCUT2D eigenvalue weighted by atomic mass is 10.1. The number of rotatable bonds is 12. The van der Waals surface area contributed by atoms with Gasteiger partial charge in [-0.05, 0) is 49.4 Å². The minimum Gasteiger partial charge on any atom is -0.496 e. The lowest BCUT2D eigenvalue weighted by Crippen LogP contribution is -2.38. The van der Waals surface area contributed by atoms with Gasteiger partial charge in [0.25, 0.3) is 5.91 Å². The second kappa shape index (κ2) is 10.8. The third-order valence-corrected chi connectivity index (χ3v) is 6.19. The van der Waals surface area contributed by atoms with E-state index in [1.165, 1.54) is 0 Å². The Bertz CT molecular complexity index is 1020. The third kappa shape index (κ3) is 6.20. The minimum atomic E-state index is -0.0517. The summed E-state index contributed by atoms with van der Waals surface area (Å²) in [6, 6.07) is 12.0. The molecule has 2 aromatic rings. The Balaban J connectivity index is 1.33. The zero-order chi connectivity index (χ0) is 24.1. The summed E-state index contributed by atoms with van der Waals surface area (Å²) < 4.78 is 16.1. The first kappa shape index (κ1) is 23.9. The minimum absolute atomic E-state index is 0.0157. The summed E-state index contributed by atoms with van der Waals surface area (Å²) in [5, 5.41) is 6.01. The van der Waals surface area contributed by atoms with Crippen molar-refractivity contribution in [2.45, 2.75) is 50.9 Å². The van der Waals surface area contributed by atoms with E-state index in [0.29, 0.717) is 54.5 Å². The molecule has 0 aromatic heterocycles. The fourth-order valence-electron chi connectivity index (χ4n) is 3.91. The Morgan fingerprint density at radius 1 is 0.912 bits per heavy atom. The van der Waals surface area contributed by atoms with Crippen LogP contribution in [0.4, 0.5) is 0 Å². The molecule has 8 heteroatoms. The Labute approximate surface area is 200 Å². The summed E-state index contributed by atoms with van der Waals surface area (Å²) in [6.07, 6.45) is 4.33. The van der Waals surface area contributed by atoms with E-state index in [-0.39, 0.29) is 11.8 Å². The average molecular weight is 468 g/mol. The van der Waals surface area contributed by atoms with Crippen molar-refractivity contribution >= 4 is 11.8 Å². The Kier molecular flexibility index (Phi) is 7.57. The van der Waals surface area contributed by atoms with Crippen LogP contribution in [0.3, 0.4) is 0 Å². The number of hydrogen-bond acceptors (Lipinski definition) is 6. The lowest BCUT2D eigenvalue weighted by molar-refractivity contribution is -0.122. The van der Waals surface area contributed by atoms with E-state index in [1.54, 1.807) is 27.4 Å². The van der Waals surface area contributed by atoms with E-state index < -0.39 is 0 Å². The fraction of sp³-hybridized carbons (Fsp3) is 0.462. The largest absolute Gasteiger partial charge is 0.496 e. The summed E-state index contributed by atoms with van der Waals surface area (Å²) in [6.45, 7) is 1.30. The first-order valence-corrected chi connectivity index (χ1v) is 11.7. The second-order valence-electron chi connectivity index (χ2n) is 8.88. The third-order valence-electron chi connectivity index (χ3n) is 6.19. The maximum absolute atomic E-state index is 12.8. The van der Waals surface area contributed by atoms with Gasteiger partial charge in [-0.2, -0.15) is 0 Å². The zero-order valence-electron chi connectivity index (χ0n) is 20.1. The number of hydrogen-bond donors (Lipinski definition) is 2. The van der Waals surface area contributed by atoms with Gasteiger partial charge in [0.15, 0.2) is 11.5 Å². The van der Waals surface area contributed by atoms with Crippen molar-refractivity contribution in [2.24, 2.45) is 0 Å². The van der Waals surface area contributed by atoms with Crippen LogP contribution in [0.5, 0.6) is 17.2 Å². The number of ether oxygens (including phenoxy) is 3. The fourth-order valence-corrected chi connectivity index (χ4v) is 3.91. The lowest BCUT2D eigenvalue weighted by Gasteiger charge is -2.22. The Morgan fingerprint density at radius 3 is 2.15 bits per heavy atom. The van der Waals surface area contributed by atoms with Crippen LogP contribution < -0.4 is 24.8 Å². The molecule has 8 nitrogen and oxygen atoms in total. The van der Waals surface area contributed by atoms with Gasteiger partial charge >= 0.3 is 0 Å². The Hall–Kier alpha value is -3.26. The normalized spacial score (nSPS) is 15.1. The number of amides is 2. The van der Waals surface area contributed by atoms with E-state index in [1.807, 2.05) is 30.3 Å². The molecule has 0 aliphatic heterocycles. The molecule has 2 saturated carbocycles. The maximum Gasteiger partial charge on any atom is 0.251 e. The van der Waals surface area contributed by atoms with E-state index in [0.717, 1.165) is 36.8 Å². The predicted molar refractivity (Wildman–Crippen MR) is 128 cm³/mol. The highest BCUT2D eigenvalue weighted by molar-refractivity contribution is 5.94. The highest BCUT2D eigenvalue weighted by Crippen LogP contribution is 2.34. The van der Waals surface area contributed by atoms with Crippen LogP contribution in [0.25, 0.3) is 0 Å². The van der Waals surface area contributed by atoms with Crippen LogP contribution in [0.1, 0.15) is 47.2 Å². The molecule has 2 fully saturated rings. The standard InChI is InChI=1S/C26H33N3O5/c1-32-22-13-24(34-3)23(33-2)12-19(22)14-27-25(30)16-29(21-10-11-21)15-17-4-6-18(7-5-17)26(31)28-20-8-9-20/h4-7,12-13,20-21H,8-11,14-16H2,1-3H3,(H,27,30)(H,28,31). The van der Waals surface area contributed by atoms with E-state index in [9.17, 15) is 9.59 Å². The molecule has 0 atom stereocenters. The van der Waals surface area contributed by atoms with Crippen molar-refractivity contribution < 1.29 is 23.8 Å². The number of nitrogens with zero attached hydrogens (tertiary/aromatic N) is 1. The number of methoxy groups -OCH3 is 3. The van der Waals surface area contributed by atoms with Gasteiger partial charge in [-0.25, -0.2) is 0 Å². The number of carbonyl (C=O) groups excluding carboxylic acids is 2. The highest BCUT2D eigenvalue weighted by Gasteiger charge is 2.30. The summed E-state index contributed by atoms with van der Waals surface area (Å²) in [5.74, 6) is 1.72. The topological polar surface area (TPSA) is 89.1 Å². The van der Waals surface area contributed by atoms with Crippen molar-refractivity contribution in [3.8, 4) is 17.2 Å². The van der Waals surface area contributed by atoms with Gasteiger partial charge in [-0.1, -0.05) is 12.1 Å². The van der Waals surface area contributed by atoms with Gasteiger partial charge in [-0.15, -0.1) is 0 Å². The number of nitrogens with one attached hydrogen (secondary N) is 2. The molecule has 0 saturated heterocycles. The average Bonchev–Trinajstić information content (AvgIpc) is 3.77. The Morgan fingerprint density at radius 2 is 1.56 bits per heavy atom. The molecule has 2 N–H and O–H groups in total. The van der Waals surface area contributed by atoms with Gasteiger partial charge in [0, 0.05) is 42.4 Å². The van der Waals surface area contributed by atoms with Gasteiger partial charge in [0.1, 0.15) is 5.75 Å². The quantitative estimate of drug-likeness (QED) is 0.499. The zero-order valence-corrected chi connectivity index (χ0v) is 20.1. The van der Waals surface area contributed by atoms with Crippen molar-refractivity contribution in [1.29, 1.82) is 0 Å². The summed E-state index contributed by atoms with van der Waals surface area (Å²) in [4.78, 5) is 27.2. The SMILES string of the molecule is COc1cc(OC)c(OC)cc1CNC(=O)CN(Cc1ccc(C(=O)NC2CC2)cc1)C1CC1. The molecule has 2 aliphatic rings. The molecule has 0 unspecified atom stereocenters. The molecule has 182 valence electrons. The van der Waals surface area contributed by atoms with Crippen LogP contribution in [0, 0.1) is 0 Å². The first-order valence-electron chi connectivity index (χ1n) is 11.7. The number of carbonyl (C=O) groups is 2. The summed E-state index contributed by atoms with van der Waals surface area (Å²) >= 11 is 0. The molecule has 34 heavy (non-hydrogen) atoms.